The zero-order valence-electron chi connectivity index (χ0n) is 8.77. The molecular formula is C13H10FNO. The molecule has 0 N–H and O–H groups in total. The summed E-state index contributed by atoms with van der Waals surface area (Å²) >= 11 is 0. The van der Waals surface area contributed by atoms with Crippen LogP contribution in [0.25, 0.3) is 0 Å². The molecule has 1 aromatic carbocycles. The quantitative estimate of drug-likeness (QED) is 0.721. The average molecular weight is 215 g/mol. The van der Waals surface area contributed by atoms with Crippen LogP contribution in [0.2, 0.25) is 0 Å². The lowest BCUT2D eigenvalue weighted by molar-refractivity contribution is 0.103. The second kappa shape index (κ2) is 4.23. The number of ketones is 1. The minimum absolute atomic E-state index is 0.131. The molecular weight excluding hydrogens is 205 g/mol. The number of carbonyl (C=O) groups excluding carboxylic acids is 1. The number of hydrogen-bond donors (Lipinski definition) is 0. The molecule has 0 spiro atoms. The Morgan fingerprint density at radius 2 is 2.06 bits per heavy atom. The summed E-state index contributed by atoms with van der Waals surface area (Å²) in [5.74, 6) is -0.976. The first kappa shape index (κ1) is 10.5. The number of rotatable bonds is 2. The van der Waals surface area contributed by atoms with Crippen molar-refractivity contribution in [1.29, 1.82) is 0 Å². The van der Waals surface area contributed by atoms with Crippen molar-refractivity contribution in [3.8, 4) is 0 Å². The first-order chi connectivity index (χ1) is 7.68. The fraction of sp³-hybridized carbons (Fsp3) is 0.0769. The fourth-order valence-corrected chi connectivity index (χ4v) is 1.48. The Balaban J connectivity index is 2.44. The van der Waals surface area contributed by atoms with Crippen LogP contribution in [0.5, 0.6) is 0 Å². The zero-order valence-corrected chi connectivity index (χ0v) is 8.77. The normalized spacial score (nSPS) is 10.1. The predicted octanol–water partition coefficient (Wildman–Crippen LogP) is 2.76. The number of carbonyl (C=O) groups is 1. The Labute approximate surface area is 92.8 Å². The van der Waals surface area contributed by atoms with E-state index in [0.717, 1.165) is 5.56 Å². The molecule has 16 heavy (non-hydrogen) atoms. The molecule has 0 fully saturated rings. The van der Waals surface area contributed by atoms with E-state index in [9.17, 15) is 9.18 Å². The molecule has 0 bridgehead atoms. The molecule has 0 saturated heterocycles. The molecule has 1 aromatic heterocycles. The Bertz CT molecular complexity index is 537. The third-order valence-corrected chi connectivity index (χ3v) is 2.25. The van der Waals surface area contributed by atoms with Gasteiger partial charge < -0.3 is 0 Å². The minimum atomic E-state index is -0.589. The van der Waals surface area contributed by atoms with Crippen LogP contribution in [0, 0.1) is 12.7 Å². The molecule has 3 heteroatoms. The van der Waals surface area contributed by atoms with Crippen LogP contribution in [0.3, 0.4) is 0 Å². The van der Waals surface area contributed by atoms with Gasteiger partial charge in [-0.15, -0.1) is 0 Å². The van der Waals surface area contributed by atoms with Gasteiger partial charge in [-0.25, -0.2) is 9.37 Å². The first-order valence-electron chi connectivity index (χ1n) is 4.90. The van der Waals surface area contributed by atoms with Crippen LogP contribution in [0.1, 0.15) is 21.6 Å². The highest BCUT2D eigenvalue weighted by atomic mass is 19.1. The molecule has 0 radical (unpaired) electrons. The summed E-state index contributed by atoms with van der Waals surface area (Å²) in [6, 6.07) is 9.72. The van der Waals surface area contributed by atoms with Gasteiger partial charge in [0.1, 0.15) is 5.69 Å². The molecule has 0 aliphatic heterocycles. The number of hydrogen-bond acceptors (Lipinski definition) is 2. The second-order valence-corrected chi connectivity index (χ2v) is 3.53. The van der Waals surface area contributed by atoms with Gasteiger partial charge in [0.25, 0.3) is 0 Å². The number of nitrogens with zero attached hydrogens (tertiary/aromatic N) is 1. The molecule has 0 amide bonds. The van der Waals surface area contributed by atoms with E-state index in [1.54, 1.807) is 18.2 Å². The largest absolute Gasteiger partial charge is 0.287 e. The van der Waals surface area contributed by atoms with Crippen molar-refractivity contribution < 1.29 is 9.18 Å². The maximum absolute atomic E-state index is 13.3. The van der Waals surface area contributed by atoms with E-state index in [1.165, 1.54) is 18.3 Å². The maximum atomic E-state index is 13.3. The van der Waals surface area contributed by atoms with Crippen LogP contribution in [-0.4, -0.2) is 10.8 Å². The summed E-state index contributed by atoms with van der Waals surface area (Å²) in [4.78, 5) is 15.7. The van der Waals surface area contributed by atoms with E-state index < -0.39 is 5.82 Å². The monoisotopic (exact) mass is 215 g/mol. The van der Waals surface area contributed by atoms with Crippen LogP contribution < -0.4 is 0 Å². The van der Waals surface area contributed by atoms with Crippen LogP contribution >= 0.6 is 0 Å². The summed E-state index contributed by atoms with van der Waals surface area (Å²) in [7, 11) is 0. The molecule has 0 atom stereocenters. The fourth-order valence-electron chi connectivity index (χ4n) is 1.48. The van der Waals surface area contributed by atoms with Crippen molar-refractivity contribution >= 4 is 5.78 Å². The Morgan fingerprint density at radius 1 is 1.25 bits per heavy atom. The standard InChI is InChI=1S/C13H10FNO/c1-9-4-2-5-10(8-9)13(16)12-11(14)6-3-7-15-12/h2-8H,1H3. The summed E-state index contributed by atoms with van der Waals surface area (Å²) < 4.78 is 13.3. The topological polar surface area (TPSA) is 30.0 Å². The van der Waals surface area contributed by atoms with Crippen molar-refractivity contribution in [3.05, 3.63) is 65.2 Å². The van der Waals surface area contributed by atoms with Crippen molar-refractivity contribution in [3.63, 3.8) is 0 Å². The zero-order chi connectivity index (χ0) is 11.5. The molecule has 2 aromatic rings. The lowest BCUT2D eigenvalue weighted by Gasteiger charge is -2.02. The molecule has 2 rings (SSSR count). The Kier molecular flexibility index (Phi) is 2.77. The van der Waals surface area contributed by atoms with E-state index >= 15 is 0 Å². The third-order valence-electron chi connectivity index (χ3n) is 2.25. The highest BCUT2D eigenvalue weighted by Crippen LogP contribution is 2.12. The van der Waals surface area contributed by atoms with Gasteiger partial charge >= 0.3 is 0 Å². The molecule has 0 unspecified atom stereocenters. The van der Waals surface area contributed by atoms with E-state index in [0.29, 0.717) is 5.56 Å². The first-order valence-corrected chi connectivity index (χ1v) is 4.90. The molecule has 2 nitrogen and oxygen atoms in total. The van der Waals surface area contributed by atoms with Gasteiger partial charge in [-0.1, -0.05) is 23.8 Å². The van der Waals surface area contributed by atoms with Crippen LogP contribution in [-0.2, 0) is 0 Å². The molecule has 0 aliphatic rings. The van der Waals surface area contributed by atoms with E-state index in [2.05, 4.69) is 4.98 Å². The average Bonchev–Trinajstić information content (AvgIpc) is 2.29. The van der Waals surface area contributed by atoms with Crippen LogP contribution in [0.4, 0.5) is 4.39 Å². The number of aryl methyl sites for hydroxylation is 1. The van der Waals surface area contributed by atoms with Gasteiger partial charge in [0.15, 0.2) is 5.82 Å². The lowest BCUT2D eigenvalue weighted by atomic mass is 10.1. The summed E-state index contributed by atoms with van der Waals surface area (Å²) in [5, 5.41) is 0. The van der Waals surface area contributed by atoms with Crippen molar-refractivity contribution in [2.75, 3.05) is 0 Å². The van der Waals surface area contributed by atoms with E-state index in [1.807, 2.05) is 13.0 Å². The van der Waals surface area contributed by atoms with Gasteiger partial charge in [-0.2, -0.15) is 0 Å². The molecule has 0 aliphatic carbocycles. The van der Waals surface area contributed by atoms with Gasteiger partial charge in [0, 0.05) is 11.8 Å². The van der Waals surface area contributed by atoms with Crippen molar-refractivity contribution in [2.45, 2.75) is 6.92 Å². The Morgan fingerprint density at radius 3 is 2.75 bits per heavy atom. The van der Waals surface area contributed by atoms with Gasteiger partial charge in [-0.05, 0) is 25.1 Å². The molecule has 0 saturated carbocycles. The van der Waals surface area contributed by atoms with Crippen molar-refractivity contribution in [2.24, 2.45) is 0 Å². The SMILES string of the molecule is Cc1cccc(C(=O)c2ncccc2F)c1. The number of aromatic nitrogens is 1. The predicted molar refractivity (Wildman–Crippen MR) is 58.8 cm³/mol. The molecule has 1 heterocycles. The van der Waals surface area contributed by atoms with Crippen LogP contribution in [0.15, 0.2) is 42.6 Å². The van der Waals surface area contributed by atoms with E-state index in [-0.39, 0.29) is 11.5 Å². The Hall–Kier alpha value is -2.03. The number of benzene rings is 1. The summed E-state index contributed by atoms with van der Waals surface area (Å²) in [6.07, 6.45) is 1.41. The smallest absolute Gasteiger partial charge is 0.214 e. The highest BCUT2D eigenvalue weighted by Gasteiger charge is 2.14. The molecule has 80 valence electrons. The highest BCUT2D eigenvalue weighted by molar-refractivity contribution is 6.07. The van der Waals surface area contributed by atoms with Gasteiger partial charge in [0.05, 0.1) is 0 Å². The second-order valence-electron chi connectivity index (χ2n) is 3.53. The van der Waals surface area contributed by atoms with E-state index in [4.69, 9.17) is 0 Å². The number of pyridine rings is 1. The number of halogens is 1. The summed E-state index contributed by atoms with van der Waals surface area (Å²) in [5.41, 5.74) is 1.29. The summed E-state index contributed by atoms with van der Waals surface area (Å²) in [6.45, 7) is 1.88. The van der Waals surface area contributed by atoms with Gasteiger partial charge in [-0.3, -0.25) is 4.79 Å². The third kappa shape index (κ3) is 1.98. The van der Waals surface area contributed by atoms with Gasteiger partial charge in [0.2, 0.25) is 5.78 Å². The van der Waals surface area contributed by atoms with Crippen molar-refractivity contribution in [1.82, 2.24) is 4.98 Å². The minimum Gasteiger partial charge on any atom is -0.287 e. The lowest BCUT2D eigenvalue weighted by Crippen LogP contribution is -2.06. The maximum Gasteiger partial charge on any atom is 0.214 e.